The summed E-state index contributed by atoms with van der Waals surface area (Å²) >= 11 is 0. The Balaban J connectivity index is 2.33. The lowest BCUT2D eigenvalue weighted by atomic mass is 10.2. The van der Waals surface area contributed by atoms with Gasteiger partial charge in [0.15, 0.2) is 0 Å². The molecule has 0 heterocycles. The van der Waals surface area contributed by atoms with Crippen LogP contribution in [-0.2, 0) is 0 Å². The fourth-order valence-electron chi connectivity index (χ4n) is 1.10. The van der Waals surface area contributed by atoms with Crippen molar-refractivity contribution in [2.45, 2.75) is 25.9 Å². The van der Waals surface area contributed by atoms with Crippen LogP contribution in [0.25, 0.3) is 0 Å². The molecular weight excluding hydrogens is 129 g/mol. The molecule has 1 saturated carbocycles. The predicted octanol–water partition coefficient (Wildman–Crippen LogP) is 2.59. The second-order valence-electron chi connectivity index (χ2n) is 2.55. The summed E-state index contributed by atoms with van der Waals surface area (Å²) in [7, 11) is 0. The SMILES string of the molecule is CCC1C[C@@H]1C(F)(F)F. The van der Waals surface area contributed by atoms with Crippen molar-refractivity contribution < 1.29 is 13.2 Å². The van der Waals surface area contributed by atoms with Crippen molar-refractivity contribution in [3.63, 3.8) is 0 Å². The van der Waals surface area contributed by atoms with Crippen molar-refractivity contribution in [3.8, 4) is 0 Å². The summed E-state index contributed by atoms with van der Waals surface area (Å²) < 4.78 is 35.0. The van der Waals surface area contributed by atoms with E-state index in [1.165, 1.54) is 0 Å². The van der Waals surface area contributed by atoms with Gasteiger partial charge in [-0.1, -0.05) is 13.3 Å². The van der Waals surface area contributed by atoms with E-state index < -0.39 is 12.1 Å². The summed E-state index contributed by atoms with van der Waals surface area (Å²) in [6, 6.07) is 0. The molecule has 0 spiro atoms. The Bertz CT molecular complexity index is 105. The van der Waals surface area contributed by atoms with Gasteiger partial charge in [-0.05, 0) is 12.3 Å². The Hall–Kier alpha value is -0.210. The Morgan fingerprint density at radius 2 is 2.00 bits per heavy atom. The monoisotopic (exact) mass is 138 g/mol. The molecule has 1 fully saturated rings. The first kappa shape index (κ1) is 6.90. The average molecular weight is 138 g/mol. The lowest BCUT2D eigenvalue weighted by Gasteiger charge is -2.02. The highest BCUT2D eigenvalue weighted by molar-refractivity contribution is 4.90. The van der Waals surface area contributed by atoms with Crippen molar-refractivity contribution in [2.75, 3.05) is 0 Å². The summed E-state index contributed by atoms with van der Waals surface area (Å²) in [6.45, 7) is 1.80. The number of hydrogen-bond acceptors (Lipinski definition) is 0. The van der Waals surface area contributed by atoms with E-state index in [9.17, 15) is 13.2 Å². The van der Waals surface area contributed by atoms with Crippen molar-refractivity contribution >= 4 is 0 Å². The second kappa shape index (κ2) is 1.89. The van der Waals surface area contributed by atoms with Crippen LogP contribution in [-0.4, -0.2) is 6.18 Å². The Kier molecular flexibility index (Phi) is 1.45. The third-order valence-corrected chi connectivity index (χ3v) is 1.87. The molecule has 9 heavy (non-hydrogen) atoms. The molecular formula is C6H9F3. The summed E-state index contributed by atoms with van der Waals surface area (Å²) in [5.41, 5.74) is 0. The van der Waals surface area contributed by atoms with Gasteiger partial charge < -0.3 is 0 Å². The van der Waals surface area contributed by atoms with Gasteiger partial charge in [-0.25, -0.2) is 0 Å². The van der Waals surface area contributed by atoms with Crippen LogP contribution >= 0.6 is 0 Å². The zero-order chi connectivity index (χ0) is 7.07. The molecule has 0 N–H and O–H groups in total. The third kappa shape index (κ3) is 1.37. The largest absolute Gasteiger partial charge is 0.392 e. The summed E-state index contributed by atoms with van der Waals surface area (Å²) in [5, 5.41) is 0. The van der Waals surface area contributed by atoms with E-state index in [4.69, 9.17) is 0 Å². The molecule has 0 amide bonds. The molecule has 1 unspecified atom stereocenters. The van der Waals surface area contributed by atoms with Gasteiger partial charge >= 0.3 is 6.18 Å². The molecule has 3 heteroatoms. The maximum atomic E-state index is 11.7. The van der Waals surface area contributed by atoms with Crippen LogP contribution in [0.4, 0.5) is 13.2 Å². The highest BCUT2D eigenvalue weighted by Crippen LogP contribution is 2.51. The molecule has 0 nitrogen and oxygen atoms in total. The minimum Gasteiger partial charge on any atom is -0.171 e. The minimum absolute atomic E-state index is 0.0648. The van der Waals surface area contributed by atoms with Crippen LogP contribution < -0.4 is 0 Å². The van der Waals surface area contributed by atoms with Gasteiger partial charge in [-0.15, -0.1) is 0 Å². The van der Waals surface area contributed by atoms with E-state index in [0.29, 0.717) is 12.8 Å². The highest BCUT2D eigenvalue weighted by Gasteiger charge is 2.54. The molecule has 0 saturated heterocycles. The van der Waals surface area contributed by atoms with E-state index in [1.54, 1.807) is 6.92 Å². The summed E-state index contributed by atoms with van der Waals surface area (Å²) in [6.07, 6.45) is -2.88. The topological polar surface area (TPSA) is 0 Å². The van der Waals surface area contributed by atoms with Crippen LogP contribution in [0.1, 0.15) is 19.8 Å². The number of halogens is 3. The molecule has 54 valence electrons. The van der Waals surface area contributed by atoms with E-state index in [0.717, 1.165) is 0 Å². The van der Waals surface area contributed by atoms with E-state index in [-0.39, 0.29) is 5.92 Å². The average Bonchev–Trinajstić information content (AvgIpc) is 2.39. The molecule has 2 atom stereocenters. The smallest absolute Gasteiger partial charge is 0.171 e. The summed E-state index contributed by atoms with van der Waals surface area (Å²) in [5.74, 6) is -1.03. The maximum absolute atomic E-state index is 11.7. The van der Waals surface area contributed by atoms with Gasteiger partial charge in [-0.2, -0.15) is 13.2 Å². The Morgan fingerprint density at radius 3 is 2.11 bits per heavy atom. The predicted molar refractivity (Wildman–Crippen MR) is 27.9 cm³/mol. The lowest BCUT2D eigenvalue weighted by molar-refractivity contribution is -0.151. The number of hydrogen-bond donors (Lipinski definition) is 0. The van der Waals surface area contributed by atoms with Crippen molar-refractivity contribution in [1.29, 1.82) is 0 Å². The van der Waals surface area contributed by atoms with Crippen molar-refractivity contribution in [1.82, 2.24) is 0 Å². The van der Waals surface area contributed by atoms with Gasteiger partial charge in [-0.3, -0.25) is 0 Å². The fraction of sp³-hybridized carbons (Fsp3) is 1.00. The van der Waals surface area contributed by atoms with Gasteiger partial charge in [0.05, 0.1) is 5.92 Å². The zero-order valence-corrected chi connectivity index (χ0v) is 5.20. The van der Waals surface area contributed by atoms with Crippen LogP contribution in [0.2, 0.25) is 0 Å². The molecule has 0 radical (unpaired) electrons. The molecule has 1 aliphatic carbocycles. The van der Waals surface area contributed by atoms with Gasteiger partial charge in [0.25, 0.3) is 0 Å². The molecule has 0 aromatic carbocycles. The number of alkyl halides is 3. The standard InChI is InChI=1S/C6H9F3/c1-2-4-3-5(4)6(7,8)9/h4-5H,2-3H2,1H3/t4?,5-/m0/s1. The first-order valence-electron chi connectivity index (χ1n) is 3.12. The number of rotatable bonds is 1. The van der Waals surface area contributed by atoms with Crippen molar-refractivity contribution in [2.24, 2.45) is 11.8 Å². The van der Waals surface area contributed by atoms with Gasteiger partial charge in [0, 0.05) is 0 Å². The molecule has 1 aliphatic rings. The molecule has 0 bridgehead atoms. The van der Waals surface area contributed by atoms with Gasteiger partial charge in [0.1, 0.15) is 0 Å². The first-order chi connectivity index (χ1) is 4.05. The molecule has 0 aromatic rings. The van der Waals surface area contributed by atoms with Crippen LogP contribution in [0.5, 0.6) is 0 Å². The quantitative estimate of drug-likeness (QED) is 0.522. The van der Waals surface area contributed by atoms with E-state index >= 15 is 0 Å². The minimum atomic E-state index is -3.92. The fourth-order valence-corrected chi connectivity index (χ4v) is 1.10. The second-order valence-corrected chi connectivity index (χ2v) is 2.55. The van der Waals surface area contributed by atoms with Crippen LogP contribution in [0.3, 0.4) is 0 Å². The molecule has 0 aromatic heterocycles. The van der Waals surface area contributed by atoms with Crippen LogP contribution in [0, 0.1) is 11.8 Å². The lowest BCUT2D eigenvalue weighted by Crippen LogP contribution is -2.11. The van der Waals surface area contributed by atoms with Crippen LogP contribution in [0.15, 0.2) is 0 Å². The molecule has 0 aliphatic heterocycles. The first-order valence-corrected chi connectivity index (χ1v) is 3.12. The summed E-state index contributed by atoms with van der Waals surface area (Å²) in [4.78, 5) is 0. The Labute approximate surface area is 52.1 Å². The third-order valence-electron chi connectivity index (χ3n) is 1.87. The molecule has 1 rings (SSSR count). The Morgan fingerprint density at radius 1 is 1.44 bits per heavy atom. The highest BCUT2D eigenvalue weighted by atomic mass is 19.4. The van der Waals surface area contributed by atoms with E-state index in [1.807, 2.05) is 0 Å². The van der Waals surface area contributed by atoms with Gasteiger partial charge in [0.2, 0.25) is 0 Å². The van der Waals surface area contributed by atoms with E-state index in [2.05, 4.69) is 0 Å². The zero-order valence-electron chi connectivity index (χ0n) is 5.20. The maximum Gasteiger partial charge on any atom is 0.392 e. The van der Waals surface area contributed by atoms with Crippen molar-refractivity contribution in [3.05, 3.63) is 0 Å². The normalized spacial score (nSPS) is 34.7.